The first-order chi connectivity index (χ1) is 10.6. The molecule has 22 heavy (non-hydrogen) atoms. The van der Waals surface area contributed by atoms with Crippen LogP contribution in [0.5, 0.6) is 0 Å². The summed E-state index contributed by atoms with van der Waals surface area (Å²) < 4.78 is 11.4. The van der Waals surface area contributed by atoms with Crippen molar-refractivity contribution in [2.45, 2.75) is 31.4 Å². The molecular weight excluding hydrogens is 300 g/mol. The van der Waals surface area contributed by atoms with Gasteiger partial charge in [0.15, 0.2) is 0 Å². The molecule has 5 nitrogen and oxygen atoms in total. The molecule has 1 fully saturated rings. The van der Waals surface area contributed by atoms with E-state index in [1.807, 2.05) is 19.5 Å². The van der Waals surface area contributed by atoms with E-state index in [4.69, 9.17) is 9.47 Å². The highest BCUT2D eigenvalue weighted by Crippen LogP contribution is 2.13. The second-order valence-electron chi connectivity index (χ2n) is 5.88. The van der Waals surface area contributed by atoms with Crippen molar-refractivity contribution >= 4 is 17.2 Å². The molecular formula is C16H26N2O3S. The number of thiophene rings is 1. The van der Waals surface area contributed by atoms with Gasteiger partial charge in [0.25, 0.3) is 0 Å². The molecule has 1 N–H and O–H groups in total. The summed E-state index contributed by atoms with van der Waals surface area (Å²) in [5.41, 5.74) is 1.22. The predicted octanol–water partition coefficient (Wildman–Crippen LogP) is 1.53. The smallest absolute Gasteiger partial charge is 0.220 e. The van der Waals surface area contributed by atoms with E-state index in [9.17, 15) is 4.79 Å². The number of nitrogens with zero attached hydrogens (tertiary/aromatic N) is 1. The predicted molar refractivity (Wildman–Crippen MR) is 88.3 cm³/mol. The number of hydrogen-bond donors (Lipinski definition) is 1. The number of ether oxygens (including phenoxy) is 2. The fourth-order valence-corrected chi connectivity index (χ4v) is 3.11. The molecule has 0 radical (unpaired) electrons. The van der Waals surface area contributed by atoms with Crippen molar-refractivity contribution in [3.63, 3.8) is 0 Å². The van der Waals surface area contributed by atoms with Crippen molar-refractivity contribution in [2.24, 2.45) is 0 Å². The van der Waals surface area contributed by atoms with Gasteiger partial charge in [-0.05, 0) is 49.3 Å². The van der Waals surface area contributed by atoms with Gasteiger partial charge in [0, 0.05) is 19.6 Å². The number of aryl methyl sites for hydroxylation is 1. The van der Waals surface area contributed by atoms with E-state index in [0.717, 1.165) is 19.4 Å². The summed E-state index contributed by atoms with van der Waals surface area (Å²) >= 11 is 1.66. The fourth-order valence-electron chi connectivity index (χ4n) is 2.41. The second-order valence-corrected chi connectivity index (χ2v) is 6.66. The van der Waals surface area contributed by atoms with E-state index in [0.29, 0.717) is 26.2 Å². The fraction of sp³-hybridized carbons (Fsp3) is 0.688. The normalized spacial score (nSPS) is 22.0. The molecule has 0 aromatic carbocycles. The Kier molecular flexibility index (Phi) is 7.32. The van der Waals surface area contributed by atoms with Crippen LogP contribution in [0.4, 0.5) is 0 Å². The van der Waals surface area contributed by atoms with Crippen LogP contribution in [0.2, 0.25) is 0 Å². The number of amides is 1. The minimum Gasteiger partial charge on any atom is -0.379 e. The zero-order valence-electron chi connectivity index (χ0n) is 13.4. The Morgan fingerprint density at radius 3 is 3.14 bits per heavy atom. The molecule has 1 aliphatic rings. The highest BCUT2D eigenvalue weighted by Gasteiger charge is 2.27. The van der Waals surface area contributed by atoms with Gasteiger partial charge in [-0.15, -0.1) is 0 Å². The van der Waals surface area contributed by atoms with E-state index in [2.05, 4.69) is 21.7 Å². The molecule has 1 aliphatic heterocycles. The van der Waals surface area contributed by atoms with Gasteiger partial charge in [-0.1, -0.05) is 0 Å². The quantitative estimate of drug-likeness (QED) is 0.787. The highest BCUT2D eigenvalue weighted by molar-refractivity contribution is 7.07. The summed E-state index contributed by atoms with van der Waals surface area (Å²) in [6, 6.07) is 2.03. The molecule has 0 aliphatic carbocycles. The zero-order valence-corrected chi connectivity index (χ0v) is 14.2. The van der Waals surface area contributed by atoms with Crippen LogP contribution in [0, 0.1) is 0 Å². The molecule has 2 atom stereocenters. The molecule has 124 valence electrons. The molecule has 0 saturated carbocycles. The molecule has 1 aromatic rings. The van der Waals surface area contributed by atoms with Crippen LogP contribution in [0.25, 0.3) is 0 Å². The summed E-state index contributed by atoms with van der Waals surface area (Å²) in [6.45, 7) is 2.81. The maximum atomic E-state index is 12.1. The molecule has 1 saturated heterocycles. The molecule has 2 heterocycles. The third-order valence-corrected chi connectivity index (χ3v) is 4.46. The van der Waals surface area contributed by atoms with E-state index in [1.165, 1.54) is 5.56 Å². The summed E-state index contributed by atoms with van der Waals surface area (Å²) in [7, 11) is 4.05. The Bertz CT molecular complexity index is 437. The van der Waals surface area contributed by atoms with Gasteiger partial charge in [-0.3, -0.25) is 4.79 Å². The lowest BCUT2D eigenvalue weighted by molar-refractivity contribution is -0.126. The average molecular weight is 326 g/mol. The molecule has 2 rings (SSSR count). The SMILES string of the molecule is CN(C)CCO[C@@H]1CCOC[C@@H]1NC(=O)CCc1ccsc1. The Hall–Kier alpha value is -0.950. The Morgan fingerprint density at radius 1 is 1.55 bits per heavy atom. The minimum atomic E-state index is -0.0362. The van der Waals surface area contributed by atoms with Gasteiger partial charge in [0.05, 0.1) is 25.4 Å². The number of rotatable bonds is 8. The van der Waals surface area contributed by atoms with Crippen molar-refractivity contribution < 1.29 is 14.3 Å². The van der Waals surface area contributed by atoms with E-state index in [-0.39, 0.29) is 18.1 Å². The van der Waals surface area contributed by atoms with Gasteiger partial charge in [0.2, 0.25) is 5.91 Å². The molecule has 0 bridgehead atoms. The van der Waals surface area contributed by atoms with Crippen LogP contribution in [-0.4, -0.2) is 63.4 Å². The topological polar surface area (TPSA) is 50.8 Å². The number of carbonyl (C=O) groups is 1. The second kappa shape index (κ2) is 9.25. The summed E-state index contributed by atoms with van der Waals surface area (Å²) in [6.07, 6.45) is 2.19. The van der Waals surface area contributed by atoms with Crippen LogP contribution >= 0.6 is 11.3 Å². The maximum absolute atomic E-state index is 12.1. The highest BCUT2D eigenvalue weighted by atomic mass is 32.1. The Balaban J connectivity index is 1.73. The summed E-state index contributed by atoms with van der Waals surface area (Å²) in [4.78, 5) is 14.2. The lowest BCUT2D eigenvalue weighted by Crippen LogP contribution is -2.51. The van der Waals surface area contributed by atoms with Gasteiger partial charge in [-0.2, -0.15) is 11.3 Å². The van der Waals surface area contributed by atoms with Crippen LogP contribution in [0.1, 0.15) is 18.4 Å². The minimum absolute atomic E-state index is 0.0362. The van der Waals surface area contributed by atoms with E-state index in [1.54, 1.807) is 11.3 Å². The molecule has 1 amide bonds. The first-order valence-corrected chi connectivity index (χ1v) is 8.74. The Morgan fingerprint density at radius 2 is 2.41 bits per heavy atom. The van der Waals surface area contributed by atoms with E-state index >= 15 is 0 Å². The van der Waals surface area contributed by atoms with Crippen molar-refractivity contribution in [1.82, 2.24) is 10.2 Å². The van der Waals surface area contributed by atoms with Crippen molar-refractivity contribution in [1.29, 1.82) is 0 Å². The van der Waals surface area contributed by atoms with Crippen LogP contribution in [-0.2, 0) is 20.7 Å². The lowest BCUT2D eigenvalue weighted by Gasteiger charge is -2.32. The van der Waals surface area contributed by atoms with Crippen molar-refractivity contribution in [2.75, 3.05) is 40.5 Å². The molecule has 6 heteroatoms. The zero-order chi connectivity index (χ0) is 15.8. The standard InChI is InChI=1S/C16H26N2O3S/c1-18(2)7-9-21-15-5-8-20-11-14(15)17-16(19)4-3-13-6-10-22-12-13/h6,10,12,14-15H,3-5,7-9,11H2,1-2H3,(H,17,19)/t14-,15+/m0/s1. The first kappa shape index (κ1) is 17.4. The number of hydrogen-bond acceptors (Lipinski definition) is 5. The van der Waals surface area contributed by atoms with Crippen LogP contribution < -0.4 is 5.32 Å². The number of nitrogens with one attached hydrogen (secondary N) is 1. The molecule has 1 aromatic heterocycles. The molecule has 0 spiro atoms. The number of likely N-dealkylation sites (N-methyl/N-ethyl adjacent to an activating group) is 1. The monoisotopic (exact) mass is 326 g/mol. The third kappa shape index (κ3) is 6.04. The summed E-state index contributed by atoms with van der Waals surface area (Å²) in [5, 5.41) is 7.20. The number of carbonyl (C=O) groups excluding carboxylic acids is 1. The largest absolute Gasteiger partial charge is 0.379 e. The van der Waals surface area contributed by atoms with Crippen LogP contribution in [0.3, 0.4) is 0 Å². The molecule has 0 unspecified atom stereocenters. The van der Waals surface area contributed by atoms with Gasteiger partial charge >= 0.3 is 0 Å². The van der Waals surface area contributed by atoms with Gasteiger partial charge in [0.1, 0.15) is 0 Å². The van der Waals surface area contributed by atoms with Crippen LogP contribution in [0.15, 0.2) is 16.8 Å². The van der Waals surface area contributed by atoms with Crippen molar-refractivity contribution in [3.8, 4) is 0 Å². The Labute approximate surface area is 136 Å². The first-order valence-electron chi connectivity index (χ1n) is 7.79. The third-order valence-electron chi connectivity index (χ3n) is 3.73. The van der Waals surface area contributed by atoms with Gasteiger partial charge in [-0.25, -0.2) is 0 Å². The van der Waals surface area contributed by atoms with Crippen molar-refractivity contribution in [3.05, 3.63) is 22.4 Å². The maximum Gasteiger partial charge on any atom is 0.220 e. The van der Waals surface area contributed by atoms with Gasteiger partial charge < -0.3 is 19.7 Å². The average Bonchev–Trinajstić information content (AvgIpc) is 3.00. The summed E-state index contributed by atoms with van der Waals surface area (Å²) in [5.74, 6) is 0.0721. The van der Waals surface area contributed by atoms with E-state index < -0.39 is 0 Å². The lowest BCUT2D eigenvalue weighted by atomic mass is 10.1.